The SMILES string of the molecule is CN(CC(O)C1CC1)C(=O)Cn1cc(-c2ccccc2)nn1. The Morgan fingerprint density at radius 1 is 1.41 bits per heavy atom. The maximum absolute atomic E-state index is 12.2. The monoisotopic (exact) mass is 300 g/mol. The molecule has 3 rings (SSSR count). The van der Waals surface area contributed by atoms with Gasteiger partial charge >= 0.3 is 0 Å². The molecule has 1 heterocycles. The Hall–Kier alpha value is -2.21. The molecular weight excluding hydrogens is 280 g/mol. The van der Waals surface area contributed by atoms with Crippen molar-refractivity contribution in [2.24, 2.45) is 5.92 Å². The second-order valence-corrected chi connectivity index (χ2v) is 5.85. The van der Waals surface area contributed by atoms with Crippen molar-refractivity contribution in [3.8, 4) is 11.3 Å². The standard InChI is InChI=1S/C16H20N4O2/c1-19(10-15(21)13-7-8-13)16(22)11-20-9-14(17-18-20)12-5-3-2-4-6-12/h2-6,9,13,15,21H,7-8,10-11H2,1H3. The summed E-state index contributed by atoms with van der Waals surface area (Å²) in [7, 11) is 1.71. The van der Waals surface area contributed by atoms with E-state index < -0.39 is 6.10 Å². The molecule has 1 amide bonds. The summed E-state index contributed by atoms with van der Waals surface area (Å²) in [4.78, 5) is 13.7. The number of benzene rings is 1. The van der Waals surface area contributed by atoms with Crippen LogP contribution in [0.2, 0.25) is 0 Å². The number of hydrogen-bond acceptors (Lipinski definition) is 4. The summed E-state index contributed by atoms with van der Waals surface area (Å²) in [5.74, 6) is 0.288. The Bertz CT molecular complexity index is 637. The van der Waals surface area contributed by atoms with Crippen molar-refractivity contribution in [1.29, 1.82) is 0 Å². The van der Waals surface area contributed by atoms with Crippen LogP contribution in [0.25, 0.3) is 11.3 Å². The van der Waals surface area contributed by atoms with Gasteiger partial charge in [0, 0.05) is 19.2 Å². The smallest absolute Gasteiger partial charge is 0.244 e. The van der Waals surface area contributed by atoms with Crippen molar-refractivity contribution < 1.29 is 9.90 Å². The summed E-state index contributed by atoms with van der Waals surface area (Å²) in [6, 6.07) is 9.72. The van der Waals surface area contributed by atoms with E-state index >= 15 is 0 Å². The Labute approximate surface area is 129 Å². The molecule has 1 N–H and O–H groups in total. The number of aromatic nitrogens is 3. The predicted molar refractivity (Wildman–Crippen MR) is 81.8 cm³/mol. The van der Waals surface area contributed by atoms with Gasteiger partial charge in [0.05, 0.1) is 12.3 Å². The van der Waals surface area contributed by atoms with E-state index in [2.05, 4.69) is 10.3 Å². The summed E-state index contributed by atoms with van der Waals surface area (Å²) in [5, 5.41) is 18.0. The number of likely N-dealkylation sites (N-methyl/N-ethyl adjacent to an activating group) is 1. The largest absolute Gasteiger partial charge is 0.391 e. The van der Waals surface area contributed by atoms with Gasteiger partial charge in [-0.2, -0.15) is 0 Å². The molecule has 0 bridgehead atoms. The molecule has 1 unspecified atom stereocenters. The van der Waals surface area contributed by atoms with Crippen molar-refractivity contribution in [3.05, 3.63) is 36.5 Å². The van der Waals surface area contributed by atoms with Gasteiger partial charge in [0.25, 0.3) is 0 Å². The highest BCUT2D eigenvalue weighted by Crippen LogP contribution is 2.32. The van der Waals surface area contributed by atoms with E-state index in [1.54, 1.807) is 18.1 Å². The zero-order chi connectivity index (χ0) is 15.5. The van der Waals surface area contributed by atoms with Crippen LogP contribution >= 0.6 is 0 Å². The third-order valence-corrected chi connectivity index (χ3v) is 3.96. The molecule has 0 radical (unpaired) electrons. The number of aliphatic hydroxyl groups excluding tert-OH is 1. The van der Waals surface area contributed by atoms with E-state index in [9.17, 15) is 9.90 Å². The average molecular weight is 300 g/mol. The van der Waals surface area contributed by atoms with E-state index in [1.165, 1.54) is 4.68 Å². The first kappa shape index (κ1) is 14.7. The zero-order valence-corrected chi connectivity index (χ0v) is 12.6. The molecule has 0 aliphatic heterocycles. The first-order valence-electron chi connectivity index (χ1n) is 7.51. The predicted octanol–water partition coefficient (Wildman–Crippen LogP) is 1.17. The van der Waals surface area contributed by atoms with Gasteiger partial charge in [-0.25, -0.2) is 4.68 Å². The molecule has 0 saturated heterocycles. The van der Waals surface area contributed by atoms with E-state index in [0.717, 1.165) is 24.1 Å². The van der Waals surface area contributed by atoms with Gasteiger partial charge in [-0.15, -0.1) is 5.10 Å². The third-order valence-electron chi connectivity index (χ3n) is 3.96. The minimum Gasteiger partial charge on any atom is -0.391 e. The highest BCUT2D eigenvalue weighted by Gasteiger charge is 2.31. The van der Waals surface area contributed by atoms with E-state index in [-0.39, 0.29) is 12.5 Å². The lowest BCUT2D eigenvalue weighted by atomic mass is 10.2. The zero-order valence-electron chi connectivity index (χ0n) is 12.6. The molecule has 22 heavy (non-hydrogen) atoms. The number of carbonyl (C=O) groups is 1. The highest BCUT2D eigenvalue weighted by atomic mass is 16.3. The average Bonchev–Trinajstić information content (AvgIpc) is 3.28. The third kappa shape index (κ3) is 3.51. The van der Waals surface area contributed by atoms with Crippen LogP contribution < -0.4 is 0 Å². The fourth-order valence-electron chi connectivity index (χ4n) is 2.39. The van der Waals surface area contributed by atoms with Crippen LogP contribution in [-0.2, 0) is 11.3 Å². The van der Waals surface area contributed by atoms with Crippen LogP contribution in [0.4, 0.5) is 0 Å². The van der Waals surface area contributed by atoms with Gasteiger partial charge in [0.15, 0.2) is 0 Å². The lowest BCUT2D eigenvalue weighted by Crippen LogP contribution is -2.37. The lowest BCUT2D eigenvalue weighted by Gasteiger charge is -2.20. The summed E-state index contributed by atoms with van der Waals surface area (Å²) in [5.41, 5.74) is 1.72. The number of nitrogens with zero attached hydrogens (tertiary/aromatic N) is 4. The van der Waals surface area contributed by atoms with Crippen LogP contribution in [-0.4, -0.2) is 50.6 Å². The molecule has 6 heteroatoms. The fourth-order valence-corrected chi connectivity index (χ4v) is 2.39. The minimum absolute atomic E-state index is 0.0794. The van der Waals surface area contributed by atoms with Crippen LogP contribution in [0.5, 0.6) is 0 Å². The van der Waals surface area contributed by atoms with Crippen molar-refractivity contribution in [1.82, 2.24) is 19.9 Å². The van der Waals surface area contributed by atoms with Gasteiger partial charge in [0.2, 0.25) is 5.91 Å². The fraction of sp³-hybridized carbons (Fsp3) is 0.438. The summed E-state index contributed by atoms with van der Waals surface area (Å²) in [6.45, 7) is 0.511. The highest BCUT2D eigenvalue weighted by molar-refractivity contribution is 5.75. The number of aliphatic hydroxyl groups is 1. The van der Waals surface area contributed by atoms with Gasteiger partial charge in [-0.1, -0.05) is 35.5 Å². The molecule has 1 fully saturated rings. The first-order valence-corrected chi connectivity index (χ1v) is 7.51. The molecule has 1 aromatic carbocycles. The van der Waals surface area contributed by atoms with Gasteiger partial charge in [-0.3, -0.25) is 4.79 Å². The van der Waals surface area contributed by atoms with Crippen LogP contribution in [0, 0.1) is 5.92 Å². The quantitative estimate of drug-likeness (QED) is 0.869. The van der Waals surface area contributed by atoms with Crippen LogP contribution in [0.3, 0.4) is 0 Å². The molecule has 116 valence electrons. The summed E-state index contributed by atoms with van der Waals surface area (Å²) >= 11 is 0. The van der Waals surface area contributed by atoms with Crippen molar-refractivity contribution in [3.63, 3.8) is 0 Å². The van der Waals surface area contributed by atoms with Crippen molar-refractivity contribution in [2.45, 2.75) is 25.5 Å². The van der Waals surface area contributed by atoms with Gasteiger partial charge in [-0.05, 0) is 18.8 Å². The van der Waals surface area contributed by atoms with E-state index in [0.29, 0.717) is 12.5 Å². The van der Waals surface area contributed by atoms with Gasteiger partial charge in [0.1, 0.15) is 12.2 Å². The van der Waals surface area contributed by atoms with E-state index in [4.69, 9.17) is 0 Å². The molecule has 2 aromatic rings. The number of hydrogen-bond donors (Lipinski definition) is 1. The minimum atomic E-state index is -0.412. The molecule has 6 nitrogen and oxygen atoms in total. The first-order chi connectivity index (χ1) is 10.6. The Balaban J connectivity index is 1.58. The second-order valence-electron chi connectivity index (χ2n) is 5.85. The molecule has 1 atom stereocenters. The van der Waals surface area contributed by atoms with Crippen molar-refractivity contribution >= 4 is 5.91 Å². The molecule has 0 spiro atoms. The number of carbonyl (C=O) groups excluding carboxylic acids is 1. The van der Waals surface area contributed by atoms with Crippen molar-refractivity contribution in [2.75, 3.05) is 13.6 Å². The summed E-state index contributed by atoms with van der Waals surface area (Å²) in [6.07, 6.45) is 3.47. The second kappa shape index (κ2) is 6.27. The van der Waals surface area contributed by atoms with E-state index in [1.807, 2.05) is 30.3 Å². The number of rotatable bonds is 6. The topological polar surface area (TPSA) is 71.2 Å². The maximum atomic E-state index is 12.2. The maximum Gasteiger partial charge on any atom is 0.244 e. The normalized spacial score (nSPS) is 15.5. The van der Waals surface area contributed by atoms with Gasteiger partial charge < -0.3 is 10.0 Å². The lowest BCUT2D eigenvalue weighted by molar-refractivity contribution is -0.132. The Morgan fingerprint density at radius 2 is 2.14 bits per heavy atom. The molecule has 1 aliphatic carbocycles. The van der Waals surface area contributed by atoms with Crippen LogP contribution in [0.15, 0.2) is 36.5 Å². The molecular formula is C16H20N4O2. The molecule has 1 aliphatic rings. The Kier molecular flexibility index (Phi) is 4.20. The van der Waals surface area contributed by atoms with Crippen LogP contribution in [0.1, 0.15) is 12.8 Å². The Morgan fingerprint density at radius 3 is 2.82 bits per heavy atom. The number of amides is 1. The molecule has 1 saturated carbocycles. The molecule has 1 aromatic heterocycles. The summed E-state index contributed by atoms with van der Waals surface area (Å²) < 4.78 is 1.53.